The molecule has 7 atom stereocenters. The summed E-state index contributed by atoms with van der Waals surface area (Å²) in [6, 6.07) is -0.804. The third-order valence-electron chi connectivity index (χ3n) is 17.2. The number of unbranched alkanes of at least 4 members (excludes halogenated alkanes) is 49. The van der Waals surface area contributed by atoms with Crippen molar-refractivity contribution >= 4 is 5.91 Å². The van der Waals surface area contributed by atoms with Gasteiger partial charge in [-0.3, -0.25) is 4.79 Å². The van der Waals surface area contributed by atoms with E-state index in [0.717, 1.165) is 44.9 Å². The summed E-state index contributed by atoms with van der Waals surface area (Å²) in [7, 11) is 0. The van der Waals surface area contributed by atoms with Gasteiger partial charge in [0.05, 0.1) is 25.4 Å². The van der Waals surface area contributed by atoms with Gasteiger partial charge in [0.2, 0.25) is 5.91 Å². The van der Waals surface area contributed by atoms with Crippen molar-refractivity contribution in [3.63, 3.8) is 0 Å². The summed E-state index contributed by atoms with van der Waals surface area (Å²) in [4.78, 5) is 13.1. The topological polar surface area (TPSA) is 149 Å². The van der Waals surface area contributed by atoms with Crippen molar-refractivity contribution in [3.8, 4) is 0 Å². The van der Waals surface area contributed by atoms with Crippen LogP contribution in [0.3, 0.4) is 0 Å². The standard InChI is InChI=1S/C72H137NO8/c1-3-5-7-9-11-13-15-17-19-21-23-25-27-28-29-30-31-32-33-34-35-36-37-38-40-42-44-46-48-50-52-54-56-58-60-62-68(76)73-65(64-80-72-71(79)70(78)69(77)67(63-74)81-72)66(75)61-59-57-55-53-51-49-47-45-43-41-39-26-24-22-20-18-16-14-12-10-8-6-4-2/h15,17,21,23,59,61,65-67,69-72,74-75,77-79H,3-14,16,18-20,22,24-58,60,62-64H2,1-2H3,(H,73,76)/b17-15-,23-21-,61-59+. The van der Waals surface area contributed by atoms with E-state index in [1.165, 1.54) is 295 Å². The first kappa shape index (κ1) is 77.4. The Morgan fingerprint density at radius 1 is 0.420 bits per heavy atom. The van der Waals surface area contributed by atoms with Crippen molar-refractivity contribution in [1.82, 2.24) is 5.32 Å². The quantitative estimate of drug-likeness (QED) is 0.0261. The van der Waals surface area contributed by atoms with Crippen molar-refractivity contribution in [3.05, 3.63) is 36.5 Å². The molecule has 478 valence electrons. The molecule has 6 N–H and O–H groups in total. The molecule has 0 spiro atoms. The molecule has 9 heteroatoms. The van der Waals surface area contributed by atoms with Gasteiger partial charge in [0.25, 0.3) is 0 Å². The van der Waals surface area contributed by atoms with Gasteiger partial charge in [-0.1, -0.05) is 339 Å². The number of rotatable bonds is 63. The van der Waals surface area contributed by atoms with Crippen LogP contribution >= 0.6 is 0 Å². The highest BCUT2D eigenvalue weighted by Crippen LogP contribution is 2.23. The zero-order chi connectivity index (χ0) is 58.6. The number of ether oxygens (including phenoxy) is 2. The summed E-state index contributed by atoms with van der Waals surface area (Å²) in [6.45, 7) is 3.82. The van der Waals surface area contributed by atoms with Gasteiger partial charge < -0.3 is 40.3 Å². The first-order chi connectivity index (χ1) is 39.8. The number of nitrogens with one attached hydrogen (secondary N) is 1. The molecular formula is C72H137NO8. The lowest BCUT2D eigenvalue weighted by molar-refractivity contribution is -0.302. The number of amides is 1. The summed E-state index contributed by atoms with van der Waals surface area (Å²) in [5.41, 5.74) is 0. The molecule has 9 nitrogen and oxygen atoms in total. The maximum atomic E-state index is 13.1. The third-order valence-corrected chi connectivity index (χ3v) is 17.2. The Balaban J connectivity index is 2.09. The molecule has 1 heterocycles. The average molecular weight is 1140 g/mol. The summed E-state index contributed by atoms with van der Waals surface area (Å²) in [6.07, 6.45) is 75.4. The van der Waals surface area contributed by atoms with Gasteiger partial charge in [-0.25, -0.2) is 0 Å². The molecule has 0 aromatic carbocycles. The molecule has 0 aromatic rings. The van der Waals surface area contributed by atoms with Gasteiger partial charge in [0.15, 0.2) is 6.29 Å². The van der Waals surface area contributed by atoms with Crippen molar-refractivity contribution in [1.29, 1.82) is 0 Å². The maximum Gasteiger partial charge on any atom is 0.220 e. The number of hydrogen-bond acceptors (Lipinski definition) is 8. The summed E-state index contributed by atoms with van der Waals surface area (Å²) < 4.78 is 11.3. The first-order valence-electron chi connectivity index (χ1n) is 35.7. The van der Waals surface area contributed by atoms with Crippen LogP contribution in [-0.4, -0.2) is 87.5 Å². The van der Waals surface area contributed by atoms with Crippen LogP contribution in [0.4, 0.5) is 0 Å². The molecule has 7 unspecified atom stereocenters. The highest BCUT2D eigenvalue weighted by molar-refractivity contribution is 5.76. The van der Waals surface area contributed by atoms with Crippen LogP contribution in [0.5, 0.6) is 0 Å². The van der Waals surface area contributed by atoms with Crippen molar-refractivity contribution in [2.45, 2.75) is 403 Å². The third kappa shape index (κ3) is 50.3. The maximum absolute atomic E-state index is 13.1. The molecule has 1 amide bonds. The van der Waals surface area contributed by atoms with E-state index in [0.29, 0.717) is 6.42 Å². The van der Waals surface area contributed by atoms with Crippen LogP contribution in [0.1, 0.15) is 361 Å². The highest BCUT2D eigenvalue weighted by Gasteiger charge is 2.44. The largest absolute Gasteiger partial charge is 0.394 e. The molecule has 81 heavy (non-hydrogen) atoms. The molecule has 0 aliphatic carbocycles. The first-order valence-corrected chi connectivity index (χ1v) is 35.7. The van der Waals surface area contributed by atoms with Crippen molar-refractivity contribution < 1.29 is 39.8 Å². The van der Waals surface area contributed by atoms with Crippen LogP contribution < -0.4 is 5.32 Å². The van der Waals surface area contributed by atoms with Crippen molar-refractivity contribution in [2.24, 2.45) is 0 Å². The molecule has 1 saturated heterocycles. The monoisotopic (exact) mass is 1140 g/mol. The normalized spacial score (nSPS) is 18.5. The van der Waals surface area contributed by atoms with Gasteiger partial charge in [0, 0.05) is 6.42 Å². The summed E-state index contributed by atoms with van der Waals surface area (Å²) >= 11 is 0. The number of hydrogen-bond donors (Lipinski definition) is 6. The van der Waals surface area contributed by atoms with Crippen LogP contribution in [0.15, 0.2) is 36.5 Å². The second kappa shape index (κ2) is 61.5. The second-order valence-corrected chi connectivity index (χ2v) is 25.0. The second-order valence-electron chi connectivity index (χ2n) is 25.0. The van der Waals surface area contributed by atoms with E-state index in [-0.39, 0.29) is 12.5 Å². The Morgan fingerprint density at radius 2 is 0.728 bits per heavy atom. The molecule has 1 rings (SSSR count). The Bertz CT molecular complexity index is 1370. The van der Waals surface area contributed by atoms with E-state index in [4.69, 9.17) is 9.47 Å². The fourth-order valence-corrected chi connectivity index (χ4v) is 11.6. The zero-order valence-electron chi connectivity index (χ0n) is 53.6. The Morgan fingerprint density at radius 3 is 1.06 bits per heavy atom. The average Bonchev–Trinajstić information content (AvgIpc) is 3.48. The van der Waals surface area contributed by atoms with Crippen LogP contribution in [0, 0.1) is 0 Å². The fraction of sp³-hybridized carbons (Fsp3) is 0.903. The molecular weight excluding hydrogens is 1010 g/mol. The number of aliphatic hydroxyl groups excluding tert-OH is 5. The summed E-state index contributed by atoms with van der Waals surface area (Å²) in [5.74, 6) is -0.169. The molecule has 0 aromatic heterocycles. The summed E-state index contributed by atoms with van der Waals surface area (Å²) in [5, 5.41) is 54.8. The SMILES string of the molecule is CCCCCCC/C=C\C/C=C\CCCCCCCCCCCCCCCCCCCCCCCCCC(=O)NC(COC1OC(CO)C(O)C(O)C1O)C(O)/C=C/CCCCCCCCCCCCCCCCCCCCCCC. The van der Waals surface area contributed by atoms with Gasteiger partial charge in [0.1, 0.15) is 24.4 Å². The lowest BCUT2D eigenvalue weighted by atomic mass is 9.99. The molecule has 0 bridgehead atoms. The lowest BCUT2D eigenvalue weighted by Gasteiger charge is -2.40. The van der Waals surface area contributed by atoms with E-state index < -0.39 is 49.5 Å². The number of allylic oxidation sites excluding steroid dienone is 5. The fourth-order valence-electron chi connectivity index (χ4n) is 11.6. The van der Waals surface area contributed by atoms with Crippen molar-refractivity contribution in [2.75, 3.05) is 13.2 Å². The van der Waals surface area contributed by atoms with Crippen LogP contribution in [-0.2, 0) is 14.3 Å². The number of carbonyl (C=O) groups is 1. The van der Waals surface area contributed by atoms with Gasteiger partial charge in [-0.2, -0.15) is 0 Å². The van der Waals surface area contributed by atoms with E-state index in [1.54, 1.807) is 6.08 Å². The minimum absolute atomic E-state index is 0.169. The predicted molar refractivity (Wildman–Crippen MR) is 346 cm³/mol. The highest BCUT2D eigenvalue weighted by atomic mass is 16.7. The van der Waals surface area contributed by atoms with E-state index >= 15 is 0 Å². The Labute approximate surface area is 501 Å². The molecule has 1 fully saturated rings. The van der Waals surface area contributed by atoms with Crippen LogP contribution in [0.2, 0.25) is 0 Å². The van der Waals surface area contributed by atoms with E-state index in [9.17, 15) is 30.3 Å². The molecule has 0 saturated carbocycles. The zero-order valence-corrected chi connectivity index (χ0v) is 53.6. The number of aliphatic hydroxyl groups is 5. The van der Waals surface area contributed by atoms with Gasteiger partial charge in [-0.05, 0) is 51.4 Å². The van der Waals surface area contributed by atoms with E-state index in [1.807, 2.05) is 6.08 Å². The van der Waals surface area contributed by atoms with Gasteiger partial charge in [-0.15, -0.1) is 0 Å². The predicted octanol–water partition coefficient (Wildman–Crippen LogP) is 19.4. The Hall–Kier alpha value is -1.59. The van der Waals surface area contributed by atoms with Crippen LogP contribution in [0.25, 0.3) is 0 Å². The molecule has 1 aliphatic heterocycles. The minimum Gasteiger partial charge on any atom is -0.394 e. The smallest absolute Gasteiger partial charge is 0.220 e. The molecule has 1 aliphatic rings. The minimum atomic E-state index is -1.57. The van der Waals surface area contributed by atoms with E-state index in [2.05, 4.69) is 43.5 Å². The van der Waals surface area contributed by atoms with Gasteiger partial charge >= 0.3 is 0 Å². The lowest BCUT2D eigenvalue weighted by Crippen LogP contribution is -2.60. The molecule has 0 radical (unpaired) electrons. The number of carbonyl (C=O) groups excluding carboxylic acids is 1. The Kier molecular flexibility index (Phi) is 58.8.